The average Bonchev–Trinajstić information content (AvgIpc) is 1.63. The standard InChI is InChI=1S/C6H12O2S/c1-5(4-9-2)3-6(7)8/h5H,3-4H2,1-2H3,(H,7,8). The summed E-state index contributed by atoms with van der Waals surface area (Å²) >= 11 is 1.69. The van der Waals surface area contributed by atoms with Gasteiger partial charge in [0.05, 0.1) is 0 Å². The maximum atomic E-state index is 10.1. The molecule has 1 N–H and O–H groups in total. The van der Waals surface area contributed by atoms with Crippen LogP contribution >= 0.6 is 11.8 Å². The van der Waals surface area contributed by atoms with E-state index in [-0.39, 0.29) is 0 Å². The first-order valence-corrected chi connectivity index (χ1v) is 4.27. The Kier molecular flexibility index (Phi) is 4.58. The van der Waals surface area contributed by atoms with Crippen LogP contribution in [0.15, 0.2) is 0 Å². The Balaban J connectivity index is 3.26. The van der Waals surface area contributed by atoms with Gasteiger partial charge in [0.1, 0.15) is 0 Å². The van der Waals surface area contributed by atoms with Crippen molar-refractivity contribution in [3.63, 3.8) is 0 Å². The number of carboxylic acids is 1. The summed E-state index contributed by atoms with van der Waals surface area (Å²) in [4.78, 5) is 10.1. The number of aliphatic carboxylic acids is 1. The molecule has 0 radical (unpaired) electrons. The molecular formula is C6H12O2S. The predicted molar refractivity (Wildman–Crippen MR) is 39.8 cm³/mol. The summed E-state index contributed by atoms with van der Waals surface area (Å²) in [5, 5.41) is 8.30. The van der Waals surface area contributed by atoms with Crippen LogP contribution in [-0.4, -0.2) is 23.1 Å². The Labute approximate surface area is 59.6 Å². The lowest BCUT2D eigenvalue weighted by Gasteiger charge is -2.03. The van der Waals surface area contributed by atoms with E-state index in [1.165, 1.54) is 0 Å². The van der Waals surface area contributed by atoms with Crippen molar-refractivity contribution in [1.82, 2.24) is 0 Å². The normalized spacial score (nSPS) is 13.1. The van der Waals surface area contributed by atoms with E-state index < -0.39 is 5.97 Å². The van der Waals surface area contributed by atoms with E-state index in [0.717, 1.165) is 5.75 Å². The molecule has 0 amide bonds. The molecule has 0 saturated heterocycles. The minimum absolute atomic E-state index is 0.292. The van der Waals surface area contributed by atoms with Gasteiger partial charge in [0.15, 0.2) is 0 Å². The third-order valence-electron chi connectivity index (χ3n) is 0.974. The zero-order chi connectivity index (χ0) is 7.28. The highest BCUT2D eigenvalue weighted by Crippen LogP contribution is 2.07. The molecule has 0 aromatic rings. The van der Waals surface area contributed by atoms with Crippen LogP contribution in [0, 0.1) is 5.92 Å². The molecule has 54 valence electrons. The van der Waals surface area contributed by atoms with Gasteiger partial charge in [-0.05, 0) is 17.9 Å². The van der Waals surface area contributed by atoms with E-state index in [1.807, 2.05) is 13.2 Å². The van der Waals surface area contributed by atoms with Crippen LogP contribution in [0.1, 0.15) is 13.3 Å². The van der Waals surface area contributed by atoms with Crippen molar-refractivity contribution in [1.29, 1.82) is 0 Å². The molecule has 0 fully saturated rings. The number of carboxylic acid groups (broad SMARTS) is 1. The summed E-state index contributed by atoms with van der Waals surface area (Å²) in [7, 11) is 0. The third kappa shape index (κ3) is 5.69. The van der Waals surface area contributed by atoms with Crippen molar-refractivity contribution in [2.75, 3.05) is 12.0 Å². The smallest absolute Gasteiger partial charge is 0.303 e. The van der Waals surface area contributed by atoms with Gasteiger partial charge in [0, 0.05) is 6.42 Å². The summed E-state index contributed by atoms with van der Waals surface area (Å²) in [5.74, 6) is 0.542. The molecule has 0 aliphatic rings. The first-order chi connectivity index (χ1) is 4.16. The van der Waals surface area contributed by atoms with Crippen LogP contribution in [0.4, 0.5) is 0 Å². The van der Waals surface area contributed by atoms with Gasteiger partial charge >= 0.3 is 5.97 Å². The lowest BCUT2D eigenvalue weighted by atomic mass is 10.1. The van der Waals surface area contributed by atoms with Gasteiger partial charge in [0.25, 0.3) is 0 Å². The zero-order valence-corrected chi connectivity index (χ0v) is 6.57. The maximum absolute atomic E-state index is 10.1. The molecule has 0 aromatic heterocycles. The molecule has 0 bridgehead atoms. The van der Waals surface area contributed by atoms with Crippen molar-refractivity contribution in [3.05, 3.63) is 0 Å². The quantitative estimate of drug-likeness (QED) is 0.655. The van der Waals surface area contributed by atoms with Crippen molar-refractivity contribution in [2.24, 2.45) is 5.92 Å². The average molecular weight is 148 g/mol. The molecule has 0 aliphatic carbocycles. The SMILES string of the molecule is CSCC(C)CC(=O)O. The molecule has 2 nitrogen and oxygen atoms in total. The molecule has 0 aliphatic heterocycles. The van der Waals surface area contributed by atoms with Crippen molar-refractivity contribution < 1.29 is 9.90 Å². The molecule has 1 unspecified atom stereocenters. The van der Waals surface area contributed by atoms with E-state index in [0.29, 0.717) is 12.3 Å². The van der Waals surface area contributed by atoms with Crippen LogP contribution < -0.4 is 0 Å². The van der Waals surface area contributed by atoms with Crippen LogP contribution in [0.5, 0.6) is 0 Å². The number of hydrogen-bond acceptors (Lipinski definition) is 2. The van der Waals surface area contributed by atoms with E-state index >= 15 is 0 Å². The molecule has 0 heterocycles. The molecule has 0 spiro atoms. The van der Waals surface area contributed by atoms with E-state index in [2.05, 4.69) is 0 Å². The molecule has 0 aromatic carbocycles. The Hall–Kier alpha value is -0.180. The summed E-state index contributed by atoms with van der Waals surface area (Å²) in [6.45, 7) is 1.95. The van der Waals surface area contributed by atoms with Gasteiger partial charge in [-0.25, -0.2) is 0 Å². The van der Waals surface area contributed by atoms with Crippen molar-refractivity contribution >= 4 is 17.7 Å². The molecule has 3 heteroatoms. The van der Waals surface area contributed by atoms with Crippen LogP contribution in [0.2, 0.25) is 0 Å². The number of carbonyl (C=O) groups is 1. The Bertz CT molecular complexity index is 93.1. The summed E-state index contributed by atoms with van der Waals surface area (Å²) in [6, 6.07) is 0. The molecular weight excluding hydrogens is 136 g/mol. The lowest BCUT2D eigenvalue weighted by Crippen LogP contribution is -2.05. The largest absolute Gasteiger partial charge is 0.481 e. The second-order valence-corrected chi connectivity index (χ2v) is 3.07. The van der Waals surface area contributed by atoms with Gasteiger partial charge < -0.3 is 5.11 Å². The summed E-state index contributed by atoms with van der Waals surface area (Å²) in [5.41, 5.74) is 0. The van der Waals surface area contributed by atoms with Crippen LogP contribution in [0.3, 0.4) is 0 Å². The van der Waals surface area contributed by atoms with Gasteiger partial charge in [0.2, 0.25) is 0 Å². The summed E-state index contributed by atoms with van der Waals surface area (Å²) < 4.78 is 0. The topological polar surface area (TPSA) is 37.3 Å². The Morgan fingerprint density at radius 1 is 1.78 bits per heavy atom. The van der Waals surface area contributed by atoms with Gasteiger partial charge in [-0.1, -0.05) is 6.92 Å². The monoisotopic (exact) mass is 148 g/mol. The fraction of sp³-hybridized carbons (Fsp3) is 0.833. The van der Waals surface area contributed by atoms with Crippen molar-refractivity contribution in [2.45, 2.75) is 13.3 Å². The second-order valence-electron chi connectivity index (χ2n) is 2.16. The fourth-order valence-corrected chi connectivity index (χ4v) is 1.33. The van der Waals surface area contributed by atoms with Gasteiger partial charge in [-0.3, -0.25) is 4.79 Å². The first kappa shape index (κ1) is 8.82. The Morgan fingerprint density at radius 2 is 2.33 bits per heavy atom. The second kappa shape index (κ2) is 4.68. The molecule has 1 atom stereocenters. The highest BCUT2D eigenvalue weighted by atomic mass is 32.2. The predicted octanol–water partition coefficient (Wildman–Crippen LogP) is 1.46. The van der Waals surface area contributed by atoms with E-state index in [4.69, 9.17) is 5.11 Å². The van der Waals surface area contributed by atoms with E-state index in [1.54, 1.807) is 11.8 Å². The highest BCUT2D eigenvalue weighted by molar-refractivity contribution is 7.98. The minimum Gasteiger partial charge on any atom is -0.481 e. The van der Waals surface area contributed by atoms with Crippen LogP contribution in [-0.2, 0) is 4.79 Å². The highest BCUT2D eigenvalue weighted by Gasteiger charge is 2.05. The summed E-state index contributed by atoms with van der Waals surface area (Å²) in [6.07, 6.45) is 2.28. The Morgan fingerprint density at radius 3 is 2.67 bits per heavy atom. The maximum Gasteiger partial charge on any atom is 0.303 e. The number of rotatable bonds is 4. The van der Waals surface area contributed by atoms with E-state index in [9.17, 15) is 4.79 Å². The number of thioether (sulfide) groups is 1. The molecule has 0 saturated carbocycles. The number of hydrogen-bond donors (Lipinski definition) is 1. The third-order valence-corrected chi connectivity index (χ3v) is 1.88. The minimum atomic E-state index is -0.698. The molecule has 9 heavy (non-hydrogen) atoms. The molecule has 0 rings (SSSR count). The fourth-order valence-electron chi connectivity index (χ4n) is 0.642. The van der Waals surface area contributed by atoms with Crippen LogP contribution in [0.25, 0.3) is 0 Å². The van der Waals surface area contributed by atoms with Gasteiger partial charge in [-0.15, -0.1) is 0 Å². The lowest BCUT2D eigenvalue weighted by molar-refractivity contribution is -0.137. The first-order valence-electron chi connectivity index (χ1n) is 2.87. The zero-order valence-electron chi connectivity index (χ0n) is 5.76. The van der Waals surface area contributed by atoms with Crippen molar-refractivity contribution in [3.8, 4) is 0 Å². The van der Waals surface area contributed by atoms with Gasteiger partial charge in [-0.2, -0.15) is 11.8 Å².